The molecule has 1 fully saturated rings. The third kappa shape index (κ3) is 3.60. The topological polar surface area (TPSA) is 54.0 Å². The number of carbonyl (C=O) groups excluding carboxylic acids is 1. The molecule has 1 aliphatic carbocycles. The van der Waals surface area contributed by atoms with Crippen LogP contribution in [0.5, 0.6) is 0 Å². The molecule has 1 aliphatic rings. The first-order valence-corrected chi connectivity index (χ1v) is 9.39. The molecule has 1 amide bonds. The number of halogens is 1. The lowest BCUT2D eigenvalue weighted by atomic mass is 9.94. The number of carbonyl (C=O) groups is 1. The maximum atomic E-state index is 13.9. The number of nitrogens with zero attached hydrogens (tertiary/aromatic N) is 1. The quantitative estimate of drug-likeness (QED) is 0.672. The zero-order valence-corrected chi connectivity index (χ0v) is 15.7. The molecule has 0 atom stereocenters. The van der Waals surface area contributed by atoms with E-state index in [-0.39, 0.29) is 17.1 Å². The minimum absolute atomic E-state index is 0.00161. The van der Waals surface area contributed by atoms with E-state index >= 15 is 0 Å². The molecule has 0 radical (unpaired) electrons. The first-order valence-electron chi connectivity index (χ1n) is 9.39. The molecule has 4 rings (SSSR count). The Morgan fingerprint density at radius 3 is 2.68 bits per heavy atom. The summed E-state index contributed by atoms with van der Waals surface area (Å²) in [5, 5.41) is 5.90. The Balaban J connectivity index is 1.57. The van der Waals surface area contributed by atoms with Gasteiger partial charge in [0.1, 0.15) is 5.82 Å². The van der Waals surface area contributed by atoms with Crippen molar-refractivity contribution >= 4 is 11.6 Å². The Hall–Kier alpha value is -3.21. The first-order chi connectivity index (χ1) is 13.6. The van der Waals surface area contributed by atoms with Crippen molar-refractivity contribution in [2.45, 2.75) is 18.3 Å². The van der Waals surface area contributed by atoms with Crippen molar-refractivity contribution in [2.24, 2.45) is 0 Å². The number of amides is 1. The summed E-state index contributed by atoms with van der Waals surface area (Å²) in [6, 6.07) is 18.3. The van der Waals surface area contributed by atoms with Crippen LogP contribution in [-0.2, 0) is 5.41 Å². The molecular formula is C23H22FN3O. The van der Waals surface area contributed by atoms with Crippen molar-refractivity contribution in [1.82, 2.24) is 10.3 Å². The van der Waals surface area contributed by atoms with Gasteiger partial charge in [0.25, 0.3) is 5.91 Å². The molecule has 0 saturated heterocycles. The maximum absolute atomic E-state index is 13.9. The highest BCUT2D eigenvalue weighted by molar-refractivity contribution is 5.95. The maximum Gasteiger partial charge on any atom is 0.251 e. The predicted molar refractivity (Wildman–Crippen MR) is 109 cm³/mol. The number of aromatic nitrogens is 1. The molecular weight excluding hydrogens is 353 g/mol. The van der Waals surface area contributed by atoms with Crippen molar-refractivity contribution < 1.29 is 9.18 Å². The van der Waals surface area contributed by atoms with Crippen LogP contribution in [0, 0.1) is 5.82 Å². The van der Waals surface area contributed by atoms with Crippen LogP contribution in [0.25, 0.3) is 11.3 Å². The van der Waals surface area contributed by atoms with E-state index in [1.54, 1.807) is 31.4 Å². The lowest BCUT2D eigenvalue weighted by Crippen LogP contribution is -2.20. The van der Waals surface area contributed by atoms with E-state index in [1.165, 1.54) is 11.6 Å². The van der Waals surface area contributed by atoms with Crippen LogP contribution in [-0.4, -0.2) is 24.5 Å². The normalized spacial score (nSPS) is 14.4. The number of benzene rings is 2. The van der Waals surface area contributed by atoms with E-state index in [1.807, 2.05) is 30.3 Å². The molecule has 0 bridgehead atoms. The van der Waals surface area contributed by atoms with Crippen LogP contribution in [0.15, 0.2) is 66.9 Å². The van der Waals surface area contributed by atoms with Crippen LogP contribution < -0.4 is 10.6 Å². The summed E-state index contributed by atoms with van der Waals surface area (Å²) in [4.78, 5) is 16.4. The van der Waals surface area contributed by atoms with E-state index < -0.39 is 0 Å². The second-order valence-electron chi connectivity index (χ2n) is 7.20. The second kappa shape index (κ2) is 7.43. The van der Waals surface area contributed by atoms with E-state index in [2.05, 4.69) is 21.7 Å². The van der Waals surface area contributed by atoms with Crippen LogP contribution in [0.4, 0.5) is 10.1 Å². The van der Waals surface area contributed by atoms with Crippen LogP contribution in [0.2, 0.25) is 0 Å². The number of para-hydroxylation sites is 1. The van der Waals surface area contributed by atoms with Gasteiger partial charge in [0.2, 0.25) is 0 Å². The number of rotatable bonds is 6. The third-order valence-electron chi connectivity index (χ3n) is 5.36. The molecule has 2 aromatic carbocycles. The second-order valence-corrected chi connectivity index (χ2v) is 7.20. The number of hydrogen-bond donors (Lipinski definition) is 2. The van der Waals surface area contributed by atoms with Crippen molar-refractivity contribution in [3.05, 3.63) is 83.8 Å². The van der Waals surface area contributed by atoms with Gasteiger partial charge < -0.3 is 10.6 Å². The summed E-state index contributed by atoms with van der Waals surface area (Å²) >= 11 is 0. The highest BCUT2D eigenvalue weighted by Gasteiger charge is 2.44. The fourth-order valence-electron chi connectivity index (χ4n) is 3.47. The van der Waals surface area contributed by atoms with Gasteiger partial charge in [-0.05, 0) is 54.8 Å². The van der Waals surface area contributed by atoms with Crippen molar-refractivity contribution in [3.8, 4) is 11.3 Å². The number of hydrogen-bond acceptors (Lipinski definition) is 3. The van der Waals surface area contributed by atoms with E-state index in [0.717, 1.165) is 24.1 Å². The van der Waals surface area contributed by atoms with E-state index in [9.17, 15) is 9.18 Å². The average molecular weight is 375 g/mol. The minimum atomic E-state index is -0.236. The molecule has 4 nitrogen and oxygen atoms in total. The van der Waals surface area contributed by atoms with E-state index in [0.29, 0.717) is 17.8 Å². The molecule has 142 valence electrons. The van der Waals surface area contributed by atoms with Gasteiger partial charge in [-0.25, -0.2) is 4.39 Å². The lowest BCUT2D eigenvalue weighted by molar-refractivity contribution is 0.0963. The highest BCUT2D eigenvalue weighted by atomic mass is 19.1. The summed E-state index contributed by atoms with van der Waals surface area (Å²) in [5.74, 6) is -0.356. The molecule has 1 saturated carbocycles. The summed E-state index contributed by atoms with van der Waals surface area (Å²) in [6.07, 6.45) is 3.91. The fourth-order valence-corrected chi connectivity index (χ4v) is 3.47. The Labute approximate surface area is 163 Å². The largest absolute Gasteiger partial charge is 0.382 e. The molecule has 0 unspecified atom stereocenters. The fraction of sp³-hybridized carbons (Fsp3) is 0.217. The van der Waals surface area contributed by atoms with Crippen LogP contribution in [0.3, 0.4) is 0 Å². The predicted octanol–water partition coefficient (Wildman–Crippen LogP) is 4.39. The van der Waals surface area contributed by atoms with Gasteiger partial charge in [0, 0.05) is 36.3 Å². The number of anilines is 1. The van der Waals surface area contributed by atoms with E-state index in [4.69, 9.17) is 0 Å². The van der Waals surface area contributed by atoms with Crippen molar-refractivity contribution in [3.63, 3.8) is 0 Å². The summed E-state index contributed by atoms with van der Waals surface area (Å²) < 4.78 is 13.9. The van der Waals surface area contributed by atoms with Gasteiger partial charge in [0.05, 0.1) is 11.4 Å². The molecule has 3 aromatic rings. The highest BCUT2D eigenvalue weighted by Crippen LogP contribution is 2.48. The van der Waals surface area contributed by atoms with Gasteiger partial charge >= 0.3 is 0 Å². The van der Waals surface area contributed by atoms with Crippen molar-refractivity contribution in [1.29, 1.82) is 0 Å². The first kappa shape index (κ1) is 18.2. The van der Waals surface area contributed by atoms with Crippen molar-refractivity contribution in [2.75, 3.05) is 18.9 Å². The van der Waals surface area contributed by atoms with Gasteiger partial charge in [-0.15, -0.1) is 0 Å². The molecule has 0 spiro atoms. The Morgan fingerprint density at radius 1 is 1.11 bits per heavy atom. The molecule has 1 heterocycles. The zero-order valence-electron chi connectivity index (χ0n) is 15.7. The molecule has 28 heavy (non-hydrogen) atoms. The third-order valence-corrected chi connectivity index (χ3v) is 5.36. The Morgan fingerprint density at radius 2 is 1.93 bits per heavy atom. The van der Waals surface area contributed by atoms with Gasteiger partial charge in [-0.2, -0.15) is 0 Å². The monoisotopic (exact) mass is 375 g/mol. The number of nitrogens with one attached hydrogen (secondary N) is 2. The lowest BCUT2D eigenvalue weighted by Gasteiger charge is -2.18. The van der Waals surface area contributed by atoms with Gasteiger partial charge in [-0.1, -0.05) is 24.3 Å². The molecule has 1 aromatic heterocycles. The summed E-state index contributed by atoms with van der Waals surface area (Å²) in [6.45, 7) is 0.676. The Kier molecular flexibility index (Phi) is 4.82. The molecule has 2 N–H and O–H groups in total. The number of pyridine rings is 1. The summed E-state index contributed by atoms with van der Waals surface area (Å²) in [7, 11) is 1.62. The Bertz CT molecular complexity index is 1010. The van der Waals surface area contributed by atoms with Gasteiger partial charge in [-0.3, -0.25) is 9.78 Å². The standard InChI is InChI=1S/C23H22FN3O/c1-25-22(28)17-6-4-5-16(13-17)21-14-18(9-12-26-21)23(10-11-23)15-27-20-8-3-2-7-19(20)24/h2-9,12-14,27H,10-11,15H2,1H3,(H,25,28). The van der Waals surface area contributed by atoms with Crippen LogP contribution >= 0.6 is 0 Å². The zero-order chi connectivity index (χ0) is 19.6. The van der Waals surface area contributed by atoms with Gasteiger partial charge in [0.15, 0.2) is 0 Å². The van der Waals surface area contributed by atoms with Crippen LogP contribution in [0.1, 0.15) is 28.8 Å². The SMILES string of the molecule is CNC(=O)c1cccc(-c2cc(C3(CNc4ccccc4F)CC3)ccn2)c1. The smallest absolute Gasteiger partial charge is 0.251 e. The average Bonchev–Trinajstić information content (AvgIpc) is 3.54. The summed E-state index contributed by atoms with van der Waals surface area (Å²) in [5.41, 5.74) is 4.06. The molecule has 5 heteroatoms. The minimum Gasteiger partial charge on any atom is -0.382 e. The molecule has 0 aliphatic heterocycles.